The number of halogens is 1. The van der Waals surface area contributed by atoms with Crippen molar-refractivity contribution in [3.05, 3.63) is 65.2 Å². The molecular formula is C18H19ClN2O2S. The summed E-state index contributed by atoms with van der Waals surface area (Å²) in [7, 11) is 1.63. The van der Waals surface area contributed by atoms with E-state index in [0.717, 1.165) is 11.3 Å². The summed E-state index contributed by atoms with van der Waals surface area (Å²) in [5.41, 5.74) is 1.79. The summed E-state index contributed by atoms with van der Waals surface area (Å²) in [6, 6.07) is 16.7. The summed E-state index contributed by atoms with van der Waals surface area (Å²) in [4.78, 5) is 25.5. The number of anilines is 1. The number of carbonyl (C=O) groups excluding carboxylic acids is 2. The Hall–Kier alpha value is -1.98. The van der Waals surface area contributed by atoms with Gasteiger partial charge in [0.05, 0.1) is 12.3 Å². The van der Waals surface area contributed by atoms with Crippen LogP contribution in [0, 0.1) is 0 Å². The molecule has 0 unspecified atom stereocenters. The molecule has 4 nitrogen and oxygen atoms in total. The van der Waals surface area contributed by atoms with Gasteiger partial charge in [-0.15, -0.1) is 11.8 Å². The Morgan fingerprint density at radius 1 is 1.12 bits per heavy atom. The lowest BCUT2D eigenvalue weighted by molar-refractivity contribution is -0.131. The molecular weight excluding hydrogens is 344 g/mol. The second-order valence-electron chi connectivity index (χ2n) is 5.29. The van der Waals surface area contributed by atoms with E-state index >= 15 is 0 Å². The molecule has 2 aromatic rings. The second kappa shape index (κ2) is 9.35. The van der Waals surface area contributed by atoms with Gasteiger partial charge in [-0.25, -0.2) is 0 Å². The van der Waals surface area contributed by atoms with Crippen LogP contribution >= 0.6 is 23.4 Å². The van der Waals surface area contributed by atoms with E-state index < -0.39 is 0 Å². The highest BCUT2D eigenvalue weighted by Gasteiger charge is 2.13. The maximum atomic E-state index is 12.1. The minimum atomic E-state index is -0.211. The molecule has 2 amide bonds. The molecule has 1 N–H and O–H groups in total. The van der Waals surface area contributed by atoms with E-state index in [2.05, 4.69) is 5.32 Å². The van der Waals surface area contributed by atoms with Crippen LogP contribution in [-0.2, 0) is 15.3 Å². The van der Waals surface area contributed by atoms with Crippen molar-refractivity contribution in [2.45, 2.75) is 5.75 Å². The van der Waals surface area contributed by atoms with Crippen LogP contribution in [-0.4, -0.2) is 36.1 Å². The van der Waals surface area contributed by atoms with E-state index in [4.69, 9.17) is 11.6 Å². The summed E-state index contributed by atoms with van der Waals surface area (Å²) >= 11 is 7.43. The third-order valence-electron chi connectivity index (χ3n) is 3.25. The number of hydrogen-bond donors (Lipinski definition) is 1. The molecule has 6 heteroatoms. The first kappa shape index (κ1) is 18.4. The maximum absolute atomic E-state index is 12.1. The van der Waals surface area contributed by atoms with Crippen molar-refractivity contribution in [2.24, 2.45) is 0 Å². The Morgan fingerprint density at radius 2 is 1.88 bits per heavy atom. The second-order valence-corrected chi connectivity index (χ2v) is 6.71. The zero-order chi connectivity index (χ0) is 17.4. The topological polar surface area (TPSA) is 49.4 Å². The number of amides is 2. The summed E-state index contributed by atoms with van der Waals surface area (Å²) in [6.07, 6.45) is 0. The van der Waals surface area contributed by atoms with Crippen molar-refractivity contribution in [2.75, 3.05) is 24.7 Å². The van der Waals surface area contributed by atoms with E-state index in [-0.39, 0.29) is 18.4 Å². The number of nitrogens with one attached hydrogen (secondary N) is 1. The van der Waals surface area contributed by atoms with Gasteiger partial charge in [0, 0.05) is 23.5 Å². The normalized spacial score (nSPS) is 10.2. The van der Waals surface area contributed by atoms with Gasteiger partial charge in [-0.05, 0) is 29.8 Å². The van der Waals surface area contributed by atoms with Gasteiger partial charge in [0.15, 0.2) is 0 Å². The van der Waals surface area contributed by atoms with Gasteiger partial charge in [-0.1, -0.05) is 41.9 Å². The van der Waals surface area contributed by atoms with Crippen LogP contribution in [0.15, 0.2) is 54.6 Å². The third kappa shape index (κ3) is 6.26. The predicted octanol–water partition coefficient (Wildman–Crippen LogP) is 3.67. The Bertz CT molecular complexity index is 694. The van der Waals surface area contributed by atoms with Gasteiger partial charge in [0.25, 0.3) is 0 Å². The van der Waals surface area contributed by atoms with Crippen LogP contribution in [0.25, 0.3) is 0 Å². The lowest BCUT2D eigenvalue weighted by Gasteiger charge is -2.16. The van der Waals surface area contributed by atoms with Gasteiger partial charge < -0.3 is 10.2 Å². The fraction of sp³-hybridized carbons (Fsp3) is 0.222. The quantitative estimate of drug-likeness (QED) is 0.817. The largest absolute Gasteiger partial charge is 0.336 e. The molecule has 0 heterocycles. The van der Waals surface area contributed by atoms with E-state index in [1.54, 1.807) is 19.2 Å². The van der Waals surface area contributed by atoms with Gasteiger partial charge in [0.2, 0.25) is 11.8 Å². The number of hydrogen-bond acceptors (Lipinski definition) is 3. The van der Waals surface area contributed by atoms with E-state index in [0.29, 0.717) is 16.5 Å². The monoisotopic (exact) mass is 362 g/mol. The molecule has 0 saturated heterocycles. The zero-order valence-corrected chi connectivity index (χ0v) is 14.9. The van der Waals surface area contributed by atoms with Crippen molar-refractivity contribution in [3.63, 3.8) is 0 Å². The van der Waals surface area contributed by atoms with Gasteiger partial charge in [-0.2, -0.15) is 0 Å². The molecule has 0 fully saturated rings. The van der Waals surface area contributed by atoms with Gasteiger partial charge in [-0.3, -0.25) is 9.59 Å². The molecule has 0 aromatic heterocycles. The number of nitrogens with zero attached hydrogens (tertiary/aromatic N) is 1. The standard InChI is InChI=1S/C18H19ClN2O2S/c1-21(11-17(22)20-16-8-3-2-4-9-16)18(23)13-24-12-14-6-5-7-15(19)10-14/h2-10H,11-13H2,1H3,(H,20,22). The first-order chi connectivity index (χ1) is 11.5. The minimum absolute atomic E-state index is 0.0332. The molecule has 0 spiro atoms. The molecule has 24 heavy (non-hydrogen) atoms. The lowest BCUT2D eigenvalue weighted by atomic mass is 10.2. The highest BCUT2D eigenvalue weighted by molar-refractivity contribution is 7.99. The molecule has 0 radical (unpaired) electrons. The van der Waals surface area contributed by atoms with Crippen molar-refractivity contribution >= 4 is 40.9 Å². The lowest BCUT2D eigenvalue weighted by Crippen LogP contribution is -2.35. The SMILES string of the molecule is CN(CC(=O)Nc1ccccc1)C(=O)CSCc1cccc(Cl)c1. The van der Waals surface area contributed by atoms with Gasteiger partial charge in [0.1, 0.15) is 0 Å². The molecule has 0 aliphatic heterocycles. The van der Waals surface area contributed by atoms with Crippen LogP contribution in [0.4, 0.5) is 5.69 Å². The number of thioether (sulfide) groups is 1. The smallest absolute Gasteiger partial charge is 0.243 e. The van der Waals surface area contributed by atoms with Crippen molar-refractivity contribution in [3.8, 4) is 0 Å². The highest BCUT2D eigenvalue weighted by Crippen LogP contribution is 2.16. The average Bonchev–Trinajstić information content (AvgIpc) is 2.55. The zero-order valence-electron chi connectivity index (χ0n) is 13.4. The Kier molecular flexibility index (Phi) is 7.15. The Labute approximate surface area is 151 Å². The van der Waals surface area contributed by atoms with Crippen LogP contribution in [0.3, 0.4) is 0 Å². The molecule has 0 saturated carbocycles. The minimum Gasteiger partial charge on any atom is -0.336 e. The van der Waals surface area contributed by atoms with Crippen LogP contribution in [0.2, 0.25) is 5.02 Å². The third-order valence-corrected chi connectivity index (χ3v) is 4.47. The van der Waals surface area contributed by atoms with Gasteiger partial charge >= 0.3 is 0 Å². The molecule has 2 rings (SSSR count). The molecule has 0 aliphatic carbocycles. The van der Waals surface area contributed by atoms with Crippen molar-refractivity contribution in [1.29, 1.82) is 0 Å². The number of para-hydroxylation sites is 1. The molecule has 0 aliphatic rings. The first-order valence-corrected chi connectivity index (χ1v) is 8.99. The first-order valence-electron chi connectivity index (χ1n) is 7.45. The van der Waals surface area contributed by atoms with Crippen LogP contribution < -0.4 is 5.32 Å². The van der Waals surface area contributed by atoms with E-state index in [1.165, 1.54) is 16.7 Å². The predicted molar refractivity (Wildman–Crippen MR) is 100 cm³/mol. The van der Waals surface area contributed by atoms with E-state index in [1.807, 2.05) is 42.5 Å². The van der Waals surface area contributed by atoms with Crippen molar-refractivity contribution < 1.29 is 9.59 Å². The average molecular weight is 363 g/mol. The number of carbonyl (C=O) groups is 2. The molecule has 126 valence electrons. The summed E-state index contributed by atoms with van der Waals surface area (Å²) < 4.78 is 0. The Balaban J connectivity index is 1.72. The number of benzene rings is 2. The Morgan fingerprint density at radius 3 is 2.58 bits per heavy atom. The molecule has 0 atom stereocenters. The van der Waals surface area contributed by atoms with E-state index in [9.17, 15) is 9.59 Å². The number of likely N-dealkylation sites (N-methyl/N-ethyl adjacent to an activating group) is 1. The summed E-state index contributed by atoms with van der Waals surface area (Å²) in [5.74, 6) is 0.736. The summed E-state index contributed by atoms with van der Waals surface area (Å²) in [5, 5.41) is 3.45. The van der Waals surface area contributed by atoms with Crippen LogP contribution in [0.5, 0.6) is 0 Å². The molecule has 2 aromatic carbocycles. The summed E-state index contributed by atoms with van der Waals surface area (Å²) in [6.45, 7) is 0.0332. The molecule has 0 bridgehead atoms. The fourth-order valence-corrected chi connectivity index (χ4v) is 3.14. The van der Waals surface area contributed by atoms with Crippen LogP contribution in [0.1, 0.15) is 5.56 Å². The highest BCUT2D eigenvalue weighted by atomic mass is 35.5. The fourth-order valence-electron chi connectivity index (χ4n) is 2.02. The van der Waals surface area contributed by atoms with Crippen molar-refractivity contribution in [1.82, 2.24) is 4.90 Å². The number of rotatable bonds is 7. The maximum Gasteiger partial charge on any atom is 0.243 e.